The zero-order valence-corrected chi connectivity index (χ0v) is 12.9. The van der Waals surface area contributed by atoms with Gasteiger partial charge in [-0.25, -0.2) is 0 Å². The molecule has 0 nitrogen and oxygen atoms in total. The van der Waals surface area contributed by atoms with E-state index in [9.17, 15) is 0 Å². The van der Waals surface area contributed by atoms with Gasteiger partial charge in [0.05, 0.1) is 0 Å². The molecule has 0 radical (unpaired) electrons. The number of aryl methyl sites for hydroxylation is 3. The molecular formula is C17H20Si. The van der Waals surface area contributed by atoms with Gasteiger partial charge in [-0.1, -0.05) is 49.0 Å². The predicted molar refractivity (Wildman–Crippen MR) is 82.8 cm³/mol. The first kappa shape index (κ1) is 11.7. The van der Waals surface area contributed by atoms with Crippen molar-refractivity contribution in [3.8, 4) is 11.1 Å². The Morgan fingerprint density at radius 3 is 2.06 bits per heavy atom. The lowest BCUT2D eigenvalue weighted by molar-refractivity contribution is 1.35. The second-order valence-electron chi connectivity index (χ2n) is 6.16. The van der Waals surface area contributed by atoms with E-state index in [-0.39, 0.29) is 0 Å². The summed E-state index contributed by atoms with van der Waals surface area (Å²) in [7, 11) is -1.46. The third-order valence-corrected chi connectivity index (χ3v) is 7.99. The lowest BCUT2D eigenvalue weighted by atomic mass is 9.99. The molecule has 0 unspecified atom stereocenters. The van der Waals surface area contributed by atoms with Gasteiger partial charge in [0.25, 0.3) is 0 Å². The van der Waals surface area contributed by atoms with Crippen LogP contribution in [-0.2, 0) is 0 Å². The Morgan fingerprint density at radius 2 is 1.33 bits per heavy atom. The first-order valence-corrected chi connectivity index (χ1v) is 9.64. The lowest BCUT2D eigenvalue weighted by Gasteiger charge is -2.19. The first-order valence-electron chi connectivity index (χ1n) is 6.64. The number of rotatable bonds is 0. The lowest BCUT2D eigenvalue weighted by Crippen LogP contribution is -2.49. The monoisotopic (exact) mass is 252 g/mol. The number of benzene rings is 2. The minimum Gasteiger partial charge on any atom is -0.0617 e. The summed E-state index contributed by atoms with van der Waals surface area (Å²) in [6.45, 7) is 11.6. The van der Waals surface area contributed by atoms with E-state index in [1.54, 1.807) is 10.4 Å². The second-order valence-corrected chi connectivity index (χ2v) is 10.5. The van der Waals surface area contributed by atoms with Crippen LogP contribution >= 0.6 is 0 Å². The fourth-order valence-electron chi connectivity index (χ4n) is 3.13. The molecular weight excluding hydrogens is 232 g/mol. The molecule has 0 spiro atoms. The van der Waals surface area contributed by atoms with Gasteiger partial charge in [0.1, 0.15) is 8.07 Å². The van der Waals surface area contributed by atoms with E-state index in [1.807, 2.05) is 0 Å². The second kappa shape index (κ2) is 3.58. The number of hydrogen-bond donors (Lipinski definition) is 0. The van der Waals surface area contributed by atoms with E-state index in [1.165, 1.54) is 27.8 Å². The molecule has 0 aromatic heterocycles. The highest BCUT2D eigenvalue weighted by Crippen LogP contribution is 2.30. The molecule has 0 N–H and O–H groups in total. The van der Waals surface area contributed by atoms with E-state index in [0.717, 1.165) is 0 Å². The van der Waals surface area contributed by atoms with Crippen LogP contribution in [0.3, 0.4) is 0 Å². The van der Waals surface area contributed by atoms with Gasteiger partial charge in [-0.05, 0) is 53.4 Å². The highest BCUT2D eigenvalue weighted by Gasteiger charge is 2.37. The van der Waals surface area contributed by atoms with Crippen LogP contribution in [0.15, 0.2) is 30.3 Å². The van der Waals surface area contributed by atoms with Crippen LogP contribution in [0.4, 0.5) is 0 Å². The van der Waals surface area contributed by atoms with Gasteiger partial charge in [0, 0.05) is 0 Å². The van der Waals surface area contributed by atoms with E-state index in [4.69, 9.17) is 0 Å². The van der Waals surface area contributed by atoms with E-state index in [2.05, 4.69) is 64.2 Å². The molecule has 18 heavy (non-hydrogen) atoms. The average Bonchev–Trinajstić information content (AvgIpc) is 2.50. The van der Waals surface area contributed by atoms with Crippen molar-refractivity contribution in [3.05, 3.63) is 47.0 Å². The van der Waals surface area contributed by atoms with Crippen LogP contribution < -0.4 is 10.4 Å². The predicted octanol–water partition coefficient (Wildman–Crippen LogP) is 3.41. The quantitative estimate of drug-likeness (QED) is 0.630. The summed E-state index contributed by atoms with van der Waals surface area (Å²) in [6, 6.07) is 11.8. The minimum absolute atomic E-state index is 1.37. The summed E-state index contributed by atoms with van der Waals surface area (Å²) in [5.41, 5.74) is 7.19. The highest BCUT2D eigenvalue weighted by atomic mass is 28.3. The van der Waals surface area contributed by atoms with Crippen LogP contribution in [0.25, 0.3) is 11.1 Å². The maximum atomic E-state index is 2.47. The van der Waals surface area contributed by atoms with Crippen LogP contribution in [0.2, 0.25) is 13.1 Å². The fraction of sp³-hybridized carbons (Fsp3) is 0.294. The van der Waals surface area contributed by atoms with Gasteiger partial charge in [-0.2, -0.15) is 0 Å². The normalized spacial score (nSPS) is 15.4. The molecule has 2 aromatic rings. The molecule has 0 amide bonds. The standard InChI is InChI=1S/C17H20Si/c1-11-6-7-16-14(8-11)15-9-12(2)13(3)10-17(15)18(16,4)5/h6-10H,1-5H3. The van der Waals surface area contributed by atoms with Crippen molar-refractivity contribution in [1.82, 2.24) is 0 Å². The summed E-state index contributed by atoms with van der Waals surface area (Å²) in [5.74, 6) is 0. The van der Waals surface area contributed by atoms with Crippen molar-refractivity contribution in [3.63, 3.8) is 0 Å². The van der Waals surface area contributed by atoms with Crippen molar-refractivity contribution >= 4 is 18.4 Å². The molecule has 2 aromatic carbocycles. The van der Waals surface area contributed by atoms with Crippen molar-refractivity contribution in [2.75, 3.05) is 0 Å². The van der Waals surface area contributed by atoms with Gasteiger partial charge in [-0.3, -0.25) is 0 Å². The van der Waals surface area contributed by atoms with Crippen molar-refractivity contribution < 1.29 is 0 Å². The topological polar surface area (TPSA) is 0 Å². The van der Waals surface area contributed by atoms with Gasteiger partial charge in [0.2, 0.25) is 0 Å². The van der Waals surface area contributed by atoms with Gasteiger partial charge >= 0.3 is 0 Å². The van der Waals surface area contributed by atoms with Crippen molar-refractivity contribution in [2.45, 2.75) is 33.9 Å². The van der Waals surface area contributed by atoms with Crippen LogP contribution in [0.1, 0.15) is 16.7 Å². The van der Waals surface area contributed by atoms with Gasteiger partial charge in [0.15, 0.2) is 0 Å². The molecule has 0 aliphatic carbocycles. The summed E-state index contributed by atoms with van der Waals surface area (Å²) in [5, 5.41) is 3.22. The Kier molecular flexibility index (Phi) is 2.33. The van der Waals surface area contributed by atoms with Crippen LogP contribution in [0, 0.1) is 20.8 Å². The summed E-state index contributed by atoms with van der Waals surface area (Å²) in [6.07, 6.45) is 0. The van der Waals surface area contributed by atoms with E-state index < -0.39 is 8.07 Å². The van der Waals surface area contributed by atoms with Crippen LogP contribution in [-0.4, -0.2) is 8.07 Å². The van der Waals surface area contributed by atoms with Gasteiger partial charge in [-0.15, -0.1) is 0 Å². The van der Waals surface area contributed by atoms with E-state index in [0.29, 0.717) is 0 Å². The fourth-order valence-corrected chi connectivity index (χ4v) is 6.26. The molecule has 1 heterocycles. The van der Waals surface area contributed by atoms with Crippen LogP contribution in [0.5, 0.6) is 0 Å². The third kappa shape index (κ3) is 1.43. The third-order valence-electron chi connectivity index (χ3n) is 4.45. The maximum Gasteiger partial charge on any atom is 0.113 e. The molecule has 0 bridgehead atoms. The molecule has 0 atom stereocenters. The summed E-state index contributed by atoms with van der Waals surface area (Å²) < 4.78 is 0. The number of fused-ring (bicyclic) bond motifs is 3. The summed E-state index contributed by atoms with van der Waals surface area (Å²) in [4.78, 5) is 0. The zero-order valence-electron chi connectivity index (χ0n) is 11.9. The zero-order chi connectivity index (χ0) is 13.1. The van der Waals surface area contributed by atoms with Gasteiger partial charge < -0.3 is 0 Å². The molecule has 1 aliphatic heterocycles. The minimum atomic E-state index is -1.46. The Labute approximate surface area is 111 Å². The molecule has 1 heteroatoms. The smallest absolute Gasteiger partial charge is 0.0617 e. The maximum absolute atomic E-state index is 2.47. The van der Waals surface area contributed by atoms with Crippen molar-refractivity contribution in [1.29, 1.82) is 0 Å². The molecule has 1 aliphatic rings. The Hall–Kier alpha value is -1.34. The van der Waals surface area contributed by atoms with E-state index >= 15 is 0 Å². The Balaban J connectivity index is 2.40. The Morgan fingerprint density at radius 1 is 0.722 bits per heavy atom. The Bertz CT molecular complexity index is 651. The first-order chi connectivity index (χ1) is 8.41. The summed E-state index contributed by atoms with van der Waals surface area (Å²) >= 11 is 0. The molecule has 0 saturated heterocycles. The van der Waals surface area contributed by atoms with Crippen molar-refractivity contribution in [2.24, 2.45) is 0 Å². The molecule has 0 fully saturated rings. The SMILES string of the molecule is Cc1ccc2c(c1)-c1cc(C)c(C)cc1[Si]2(C)C. The highest BCUT2D eigenvalue weighted by molar-refractivity contribution is 7.03. The number of hydrogen-bond acceptors (Lipinski definition) is 0. The molecule has 0 saturated carbocycles. The largest absolute Gasteiger partial charge is 0.113 e. The molecule has 92 valence electrons. The molecule has 3 rings (SSSR count). The average molecular weight is 252 g/mol.